The van der Waals surface area contributed by atoms with Crippen LogP contribution in [0.1, 0.15) is 12.8 Å². The van der Waals surface area contributed by atoms with Gasteiger partial charge >= 0.3 is 12.2 Å². The first-order valence-electron chi connectivity index (χ1n) is 4.49. The first-order valence-corrected chi connectivity index (χ1v) is 4.49. The predicted octanol–water partition coefficient (Wildman–Crippen LogP) is 1.04. The van der Waals surface area contributed by atoms with Gasteiger partial charge in [0, 0.05) is 19.5 Å². The minimum absolute atomic E-state index is 0.134. The Bertz CT molecular complexity index is 245. The zero-order chi connectivity index (χ0) is 12.8. The molecule has 0 spiro atoms. The van der Waals surface area contributed by atoms with E-state index in [0.29, 0.717) is 13.0 Å². The van der Waals surface area contributed by atoms with Gasteiger partial charge in [0.2, 0.25) is 0 Å². The van der Waals surface area contributed by atoms with Gasteiger partial charge in [-0.25, -0.2) is 4.79 Å². The zero-order valence-corrected chi connectivity index (χ0v) is 8.41. The number of carbonyl (C=O) groups is 2. The van der Waals surface area contributed by atoms with Crippen LogP contribution in [0.5, 0.6) is 0 Å². The summed E-state index contributed by atoms with van der Waals surface area (Å²) < 4.78 is 35.7. The first kappa shape index (κ1) is 14.5. The molecule has 0 aliphatic carbocycles. The number of nitrogens with two attached hydrogens (primary N) is 1. The minimum atomic E-state index is -4.14. The average molecular weight is 242 g/mol. The lowest BCUT2D eigenvalue weighted by atomic mass is 10.1. The third-order valence-electron chi connectivity index (χ3n) is 2.12. The highest BCUT2D eigenvalue weighted by molar-refractivity contribution is 5.72. The molecular formula is C8H13F3N2O3. The van der Waals surface area contributed by atoms with Crippen molar-refractivity contribution >= 4 is 12.5 Å². The molecule has 1 fully saturated rings. The van der Waals surface area contributed by atoms with Crippen molar-refractivity contribution in [3.8, 4) is 0 Å². The largest absolute Gasteiger partial charge is 0.483 e. The molecule has 3 N–H and O–H groups in total. The second-order valence-corrected chi connectivity index (χ2v) is 3.36. The normalized spacial score (nSPS) is 19.9. The van der Waals surface area contributed by atoms with Gasteiger partial charge in [0.1, 0.15) is 0 Å². The van der Waals surface area contributed by atoms with Gasteiger partial charge < -0.3 is 15.7 Å². The van der Waals surface area contributed by atoms with E-state index in [9.17, 15) is 18.0 Å². The number of likely N-dealkylation sites (tertiary alicyclic amines) is 1. The molecule has 94 valence electrons. The first-order chi connectivity index (χ1) is 7.30. The molecule has 1 aliphatic rings. The lowest BCUT2D eigenvalue weighted by Gasteiger charge is -2.14. The SMILES string of the molecule is NC(=O)N1CCC(CC(F)(F)F)C1.O=CO. The van der Waals surface area contributed by atoms with Crippen LogP contribution in [0, 0.1) is 5.92 Å². The maximum absolute atomic E-state index is 11.9. The summed E-state index contributed by atoms with van der Waals surface area (Å²) in [5.41, 5.74) is 4.93. The minimum Gasteiger partial charge on any atom is -0.483 e. The molecule has 1 heterocycles. The predicted molar refractivity (Wildman–Crippen MR) is 48.6 cm³/mol. The van der Waals surface area contributed by atoms with E-state index < -0.39 is 24.5 Å². The number of alkyl halides is 3. The summed E-state index contributed by atoms with van der Waals surface area (Å²) in [6.07, 6.45) is -4.57. The van der Waals surface area contributed by atoms with E-state index in [2.05, 4.69) is 0 Å². The maximum atomic E-state index is 11.9. The highest BCUT2D eigenvalue weighted by atomic mass is 19.4. The highest BCUT2D eigenvalue weighted by Gasteiger charge is 2.35. The molecule has 1 aliphatic heterocycles. The summed E-state index contributed by atoms with van der Waals surface area (Å²) in [5.74, 6) is -0.479. The van der Waals surface area contributed by atoms with Gasteiger partial charge in [-0.15, -0.1) is 0 Å². The maximum Gasteiger partial charge on any atom is 0.389 e. The summed E-state index contributed by atoms with van der Waals surface area (Å²) >= 11 is 0. The molecule has 0 radical (unpaired) electrons. The van der Waals surface area contributed by atoms with Crippen molar-refractivity contribution in [2.75, 3.05) is 13.1 Å². The molecule has 1 saturated heterocycles. The van der Waals surface area contributed by atoms with Gasteiger partial charge in [-0.1, -0.05) is 0 Å². The Hall–Kier alpha value is -1.47. The van der Waals surface area contributed by atoms with E-state index >= 15 is 0 Å². The van der Waals surface area contributed by atoms with Crippen LogP contribution >= 0.6 is 0 Å². The van der Waals surface area contributed by atoms with Crippen molar-refractivity contribution < 1.29 is 27.9 Å². The second kappa shape index (κ2) is 6.19. The van der Waals surface area contributed by atoms with Gasteiger partial charge in [0.05, 0.1) is 0 Å². The molecule has 1 unspecified atom stereocenters. The molecular weight excluding hydrogens is 229 g/mol. The number of primary amides is 1. The molecule has 2 amide bonds. The molecule has 0 aromatic rings. The van der Waals surface area contributed by atoms with Crippen LogP contribution in [0.25, 0.3) is 0 Å². The van der Waals surface area contributed by atoms with Gasteiger partial charge in [-0.05, 0) is 12.3 Å². The fourth-order valence-corrected chi connectivity index (χ4v) is 1.53. The van der Waals surface area contributed by atoms with Crippen molar-refractivity contribution in [1.82, 2.24) is 4.90 Å². The molecule has 5 nitrogen and oxygen atoms in total. The summed E-state index contributed by atoms with van der Waals surface area (Å²) in [6.45, 7) is 0.227. The van der Waals surface area contributed by atoms with Crippen molar-refractivity contribution in [2.24, 2.45) is 11.7 Å². The van der Waals surface area contributed by atoms with Gasteiger partial charge in [-0.3, -0.25) is 4.79 Å². The zero-order valence-electron chi connectivity index (χ0n) is 8.41. The smallest absolute Gasteiger partial charge is 0.389 e. The average Bonchev–Trinajstić information content (AvgIpc) is 2.50. The molecule has 0 bridgehead atoms. The lowest BCUT2D eigenvalue weighted by molar-refractivity contribution is -0.143. The number of hydrogen-bond acceptors (Lipinski definition) is 2. The third-order valence-corrected chi connectivity index (χ3v) is 2.12. The van der Waals surface area contributed by atoms with Crippen LogP contribution in [0.3, 0.4) is 0 Å². The van der Waals surface area contributed by atoms with Crippen LogP contribution in [-0.2, 0) is 4.79 Å². The molecule has 8 heteroatoms. The quantitative estimate of drug-likeness (QED) is 0.674. The van der Waals surface area contributed by atoms with E-state index in [0.717, 1.165) is 0 Å². The Kier molecular flexibility index (Phi) is 5.62. The Labute approximate surface area is 90.0 Å². The molecule has 0 aromatic carbocycles. The Balaban J connectivity index is 0.000000673. The monoisotopic (exact) mass is 242 g/mol. The standard InChI is InChI=1S/C7H11F3N2O.CH2O2/c8-7(9,10)3-5-1-2-12(4-5)6(11)13;2-1-3/h5H,1-4H2,(H2,11,13);1H,(H,2,3). The van der Waals surface area contributed by atoms with Crippen LogP contribution in [0.4, 0.5) is 18.0 Å². The van der Waals surface area contributed by atoms with E-state index in [1.807, 2.05) is 0 Å². The number of halogens is 3. The Morgan fingerprint density at radius 2 is 2.06 bits per heavy atom. The third kappa shape index (κ3) is 6.10. The van der Waals surface area contributed by atoms with Gasteiger partial charge in [0.15, 0.2) is 0 Å². The van der Waals surface area contributed by atoms with Crippen LogP contribution in [-0.4, -0.2) is 41.8 Å². The number of carbonyl (C=O) groups excluding carboxylic acids is 1. The molecule has 0 saturated carbocycles. The van der Waals surface area contributed by atoms with Crippen LogP contribution < -0.4 is 5.73 Å². The molecule has 0 aromatic heterocycles. The number of carboxylic acid groups (broad SMARTS) is 1. The number of rotatable bonds is 1. The molecule has 1 atom stereocenters. The number of urea groups is 1. The number of hydrogen-bond donors (Lipinski definition) is 2. The van der Waals surface area contributed by atoms with E-state index in [1.165, 1.54) is 4.90 Å². The van der Waals surface area contributed by atoms with Crippen molar-refractivity contribution in [3.05, 3.63) is 0 Å². The lowest BCUT2D eigenvalue weighted by Crippen LogP contribution is -2.33. The Morgan fingerprint density at radius 1 is 1.56 bits per heavy atom. The van der Waals surface area contributed by atoms with Crippen molar-refractivity contribution in [2.45, 2.75) is 19.0 Å². The van der Waals surface area contributed by atoms with Crippen LogP contribution in [0.2, 0.25) is 0 Å². The van der Waals surface area contributed by atoms with Crippen molar-refractivity contribution in [1.29, 1.82) is 0 Å². The summed E-state index contributed by atoms with van der Waals surface area (Å²) in [7, 11) is 0. The fraction of sp³-hybridized carbons (Fsp3) is 0.750. The summed E-state index contributed by atoms with van der Waals surface area (Å²) in [4.78, 5) is 20.2. The topological polar surface area (TPSA) is 83.6 Å². The van der Waals surface area contributed by atoms with Crippen LogP contribution in [0.15, 0.2) is 0 Å². The molecule has 16 heavy (non-hydrogen) atoms. The molecule has 1 rings (SSSR count). The van der Waals surface area contributed by atoms with Gasteiger partial charge in [0.25, 0.3) is 6.47 Å². The number of nitrogens with zero attached hydrogens (tertiary/aromatic N) is 1. The Morgan fingerprint density at radius 3 is 2.38 bits per heavy atom. The van der Waals surface area contributed by atoms with Crippen molar-refractivity contribution in [3.63, 3.8) is 0 Å². The van der Waals surface area contributed by atoms with E-state index in [4.69, 9.17) is 15.6 Å². The highest BCUT2D eigenvalue weighted by Crippen LogP contribution is 2.30. The summed E-state index contributed by atoms with van der Waals surface area (Å²) in [6, 6.07) is -0.635. The number of amides is 2. The second-order valence-electron chi connectivity index (χ2n) is 3.36. The fourth-order valence-electron chi connectivity index (χ4n) is 1.53. The van der Waals surface area contributed by atoms with Gasteiger partial charge in [-0.2, -0.15) is 13.2 Å². The van der Waals surface area contributed by atoms with E-state index in [1.54, 1.807) is 0 Å². The summed E-state index contributed by atoms with van der Waals surface area (Å²) in [5, 5.41) is 6.89. The van der Waals surface area contributed by atoms with E-state index in [-0.39, 0.29) is 13.0 Å².